The van der Waals surface area contributed by atoms with Gasteiger partial charge in [0.05, 0.1) is 11.0 Å². The van der Waals surface area contributed by atoms with Gasteiger partial charge in [0.1, 0.15) is 11.0 Å². The third-order valence-electron chi connectivity index (χ3n) is 4.17. The summed E-state index contributed by atoms with van der Waals surface area (Å²) >= 11 is 0. The lowest BCUT2D eigenvalue weighted by atomic mass is 10.1. The van der Waals surface area contributed by atoms with Crippen molar-refractivity contribution in [3.05, 3.63) is 70.9 Å². The van der Waals surface area contributed by atoms with Crippen molar-refractivity contribution in [3.63, 3.8) is 0 Å². The largest absolute Gasteiger partial charge is 0.285 e. The fraction of sp³-hybridized carbons (Fsp3) is 0. The number of hydrogen-bond donors (Lipinski definition) is 0. The van der Waals surface area contributed by atoms with Crippen LogP contribution in [-0.4, -0.2) is 9.97 Å². The lowest BCUT2D eigenvalue weighted by Crippen LogP contribution is -2.00. The van der Waals surface area contributed by atoms with Gasteiger partial charge in [0.2, 0.25) is 5.43 Å². The zero-order chi connectivity index (χ0) is 14.7. The monoisotopic (exact) mass is 282 g/mol. The van der Waals surface area contributed by atoms with Gasteiger partial charge in [-0.3, -0.25) is 4.79 Å². The highest BCUT2D eigenvalue weighted by Crippen LogP contribution is 2.28. The third-order valence-corrected chi connectivity index (χ3v) is 4.17. The molecule has 3 heteroatoms. The molecule has 0 N–H and O–H groups in total. The maximum absolute atomic E-state index is 12.6. The molecule has 4 bridgehead atoms. The molecule has 0 amide bonds. The first-order valence-electron chi connectivity index (χ1n) is 7.16. The Labute approximate surface area is 125 Å². The first kappa shape index (κ1) is 11.6. The molecule has 5 aromatic rings. The molecule has 5 rings (SSSR count). The van der Waals surface area contributed by atoms with Gasteiger partial charge in [0.15, 0.2) is 0 Å². The Kier molecular flexibility index (Phi) is 2.09. The predicted molar refractivity (Wildman–Crippen MR) is 89.5 cm³/mol. The number of hydrogen-bond acceptors (Lipinski definition) is 3. The fourth-order valence-corrected chi connectivity index (χ4v) is 3.12. The van der Waals surface area contributed by atoms with E-state index >= 15 is 0 Å². The molecular formula is C19H10N2O. The van der Waals surface area contributed by atoms with Crippen molar-refractivity contribution < 1.29 is 0 Å². The van der Waals surface area contributed by atoms with Gasteiger partial charge >= 0.3 is 0 Å². The van der Waals surface area contributed by atoms with E-state index in [4.69, 9.17) is 0 Å². The Bertz CT molecular complexity index is 1150. The van der Waals surface area contributed by atoms with Crippen molar-refractivity contribution in [2.45, 2.75) is 0 Å². The molecule has 3 heterocycles. The van der Waals surface area contributed by atoms with Crippen LogP contribution in [0.2, 0.25) is 0 Å². The molecule has 0 atom stereocenters. The minimum absolute atomic E-state index is 0.114. The second kappa shape index (κ2) is 3.98. The summed E-state index contributed by atoms with van der Waals surface area (Å²) in [5.74, 6) is 0. The zero-order valence-electron chi connectivity index (χ0n) is 11.6. The number of aromatic nitrogens is 2. The van der Waals surface area contributed by atoms with E-state index in [1.165, 1.54) is 0 Å². The molecule has 0 unspecified atom stereocenters. The van der Waals surface area contributed by atoms with Crippen molar-refractivity contribution in [1.29, 1.82) is 0 Å². The van der Waals surface area contributed by atoms with Gasteiger partial charge in [-0.25, -0.2) is 9.97 Å². The van der Waals surface area contributed by atoms with Crippen LogP contribution < -0.4 is 5.43 Å². The molecule has 0 fully saturated rings. The summed E-state index contributed by atoms with van der Waals surface area (Å²) in [5.41, 5.74) is 2.39. The quantitative estimate of drug-likeness (QED) is 0.433. The van der Waals surface area contributed by atoms with Crippen molar-refractivity contribution >= 4 is 43.6 Å². The van der Waals surface area contributed by atoms with Crippen LogP contribution >= 0.6 is 0 Å². The number of rotatable bonds is 0. The zero-order valence-corrected chi connectivity index (χ0v) is 11.6. The first-order chi connectivity index (χ1) is 10.8. The molecule has 2 aromatic carbocycles. The maximum Gasteiger partial charge on any atom is 0.229 e. The van der Waals surface area contributed by atoms with Crippen molar-refractivity contribution in [1.82, 2.24) is 9.97 Å². The maximum atomic E-state index is 12.6. The molecule has 0 aliphatic carbocycles. The summed E-state index contributed by atoms with van der Waals surface area (Å²) in [4.78, 5) is 21.8. The topological polar surface area (TPSA) is 42.9 Å². The van der Waals surface area contributed by atoms with Crippen LogP contribution in [0.25, 0.3) is 43.6 Å². The number of fused-ring (bicyclic) bond motifs is 9. The van der Waals surface area contributed by atoms with Crippen molar-refractivity contribution in [3.8, 4) is 0 Å². The first-order valence-corrected chi connectivity index (χ1v) is 7.16. The van der Waals surface area contributed by atoms with E-state index in [0.717, 1.165) is 32.6 Å². The molecule has 0 saturated heterocycles. The second-order valence-corrected chi connectivity index (χ2v) is 5.48. The van der Waals surface area contributed by atoms with E-state index in [-0.39, 0.29) is 5.43 Å². The average Bonchev–Trinajstić information content (AvgIpc) is 2.66. The van der Waals surface area contributed by atoms with Crippen LogP contribution in [0.3, 0.4) is 0 Å². The van der Waals surface area contributed by atoms with Gasteiger partial charge in [0, 0.05) is 10.8 Å². The summed E-state index contributed by atoms with van der Waals surface area (Å²) in [6.45, 7) is 0. The number of nitrogens with zero attached hydrogens (tertiary/aromatic N) is 2. The number of pyridine rings is 2. The van der Waals surface area contributed by atoms with Crippen LogP contribution in [-0.2, 0) is 0 Å². The van der Waals surface area contributed by atoms with Crippen LogP contribution in [0.1, 0.15) is 0 Å². The SMILES string of the molecule is O=c1c2cc3ccccc3c(n2)c2nc1cc1ccccc12. The van der Waals surface area contributed by atoms with E-state index in [9.17, 15) is 4.79 Å². The van der Waals surface area contributed by atoms with E-state index in [0.29, 0.717) is 11.0 Å². The third kappa shape index (κ3) is 1.42. The van der Waals surface area contributed by atoms with Crippen LogP contribution in [0.15, 0.2) is 65.5 Å². The van der Waals surface area contributed by atoms with Gasteiger partial charge in [-0.15, -0.1) is 0 Å². The Hall–Kier alpha value is -3.07. The Balaban J connectivity index is 2.26. The summed E-state index contributed by atoms with van der Waals surface area (Å²) in [6.07, 6.45) is 0. The lowest BCUT2D eigenvalue weighted by Gasteiger charge is -2.02. The molecular weight excluding hydrogens is 272 g/mol. The highest BCUT2D eigenvalue weighted by atomic mass is 16.1. The van der Waals surface area contributed by atoms with Gasteiger partial charge in [-0.1, -0.05) is 48.5 Å². The molecule has 0 spiro atoms. The standard InChI is InChI=1S/C19H10N2O/c22-19-15-9-11-5-1-3-7-13(11)17(20-15)18-14-8-4-2-6-12(14)10-16(19)21-18/h1-10H. The molecule has 0 aliphatic heterocycles. The average molecular weight is 282 g/mol. The molecule has 0 aliphatic rings. The Morgan fingerprint density at radius 1 is 0.636 bits per heavy atom. The van der Waals surface area contributed by atoms with Gasteiger partial charge in [0.25, 0.3) is 0 Å². The van der Waals surface area contributed by atoms with E-state index in [1.807, 2.05) is 60.7 Å². The normalized spacial score (nSPS) is 11.8. The van der Waals surface area contributed by atoms with Crippen molar-refractivity contribution in [2.24, 2.45) is 0 Å². The highest BCUT2D eigenvalue weighted by molar-refractivity contribution is 6.13. The molecule has 3 nitrogen and oxygen atoms in total. The minimum atomic E-state index is -0.114. The van der Waals surface area contributed by atoms with E-state index in [1.54, 1.807) is 0 Å². The summed E-state index contributed by atoms with van der Waals surface area (Å²) in [6, 6.07) is 19.7. The summed E-state index contributed by atoms with van der Waals surface area (Å²) < 4.78 is 0. The van der Waals surface area contributed by atoms with E-state index < -0.39 is 0 Å². The van der Waals surface area contributed by atoms with Crippen LogP contribution in [0, 0.1) is 0 Å². The molecule has 102 valence electrons. The molecule has 0 saturated carbocycles. The van der Waals surface area contributed by atoms with Crippen LogP contribution in [0.5, 0.6) is 0 Å². The molecule has 3 aromatic heterocycles. The summed E-state index contributed by atoms with van der Waals surface area (Å²) in [5, 5.41) is 4.08. The summed E-state index contributed by atoms with van der Waals surface area (Å²) in [7, 11) is 0. The lowest BCUT2D eigenvalue weighted by molar-refractivity contribution is 1.51. The Morgan fingerprint density at radius 3 is 1.59 bits per heavy atom. The van der Waals surface area contributed by atoms with E-state index in [2.05, 4.69) is 9.97 Å². The minimum Gasteiger partial charge on any atom is -0.285 e. The smallest absolute Gasteiger partial charge is 0.229 e. The molecule has 0 radical (unpaired) electrons. The van der Waals surface area contributed by atoms with Gasteiger partial charge < -0.3 is 0 Å². The van der Waals surface area contributed by atoms with Gasteiger partial charge in [-0.05, 0) is 22.9 Å². The van der Waals surface area contributed by atoms with Crippen molar-refractivity contribution in [2.75, 3.05) is 0 Å². The Morgan fingerprint density at radius 2 is 1.09 bits per heavy atom. The van der Waals surface area contributed by atoms with Crippen LogP contribution in [0.4, 0.5) is 0 Å². The van der Waals surface area contributed by atoms with Gasteiger partial charge in [-0.2, -0.15) is 0 Å². The fourth-order valence-electron chi connectivity index (χ4n) is 3.12. The predicted octanol–water partition coefficient (Wildman–Crippen LogP) is 3.89. The number of benzene rings is 2. The second-order valence-electron chi connectivity index (χ2n) is 5.48. The highest BCUT2D eigenvalue weighted by Gasteiger charge is 2.11. The molecule has 22 heavy (non-hydrogen) atoms.